The lowest BCUT2D eigenvalue weighted by atomic mass is 10.0. The maximum Gasteiger partial charge on any atom is 0.243 e. The number of hydrogen-bond donors (Lipinski definition) is 1. The number of fused-ring (bicyclic) bond motifs is 1. The number of pyridine rings is 2. The number of carbonyl (C=O) groups excluding carboxylic acids is 1. The van der Waals surface area contributed by atoms with Crippen molar-refractivity contribution in [3.63, 3.8) is 0 Å². The van der Waals surface area contributed by atoms with Gasteiger partial charge in [-0.3, -0.25) is 14.8 Å². The van der Waals surface area contributed by atoms with Gasteiger partial charge in [-0.05, 0) is 49.2 Å². The molecule has 29 heavy (non-hydrogen) atoms. The molecule has 1 amide bonds. The zero-order chi connectivity index (χ0) is 20.4. The fraction of sp³-hybridized carbons (Fsp3) is 0.273. The molecule has 0 spiro atoms. The van der Waals surface area contributed by atoms with Crippen LogP contribution < -0.4 is 0 Å². The number of hydrogen-bond acceptors (Lipinski definition) is 5. The SMILES string of the molecule is Cc1cccc(C(Cc2ccnc3cc(Br)ccc23)=NN2C(=O)CCC2CO)n1. The zero-order valence-corrected chi connectivity index (χ0v) is 17.6. The van der Waals surface area contributed by atoms with Crippen molar-refractivity contribution in [1.82, 2.24) is 15.0 Å². The summed E-state index contributed by atoms with van der Waals surface area (Å²) in [7, 11) is 0. The Morgan fingerprint density at radius 3 is 2.97 bits per heavy atom. The van der Waals surface area contributed by atoms with Crippen molar-refractivity contribution < 1.29 is 9.90 Å². The van der Waals surface area contributed by atoms with Crippen molar-refractivity contribution in [2.24, 2.45) is 5.10 Å². The highest BCUT2D eigenvalue weighted by Crippen LogP contribution is 2.24. The Labute approximate surface area is 177 Å². The van der Waals surface area contributed by atoms with Crippen LogP contribution in [0.4, 0.5) is 0 Å². The smallest absolute Gasteiger partial charge is 0.243 e. The second-order valence-corrected chi connectivity index (χ2v) is 8.05. The van der Waals surface area contributed by atoms with E-state index in [4.69, 9.17) is 0 Å². The molecule has 148 valence electrons. The normalized spacial score (nSPS) is 17.3. The molecule has 1 N–H and O–H groups in total. The van der Waals surface area contributed by atoms with E-state index in [1.54, 1.807) is 6.20 Å². The lowest BCUT2D eigenvalue weighted by Crippen LogP contribution is -2.32. The first-order chi connectivity index (χ1) is 14.0. The van der Waals surface area contributed by atoms with Crippen LogP contribution in [-0.2, 0) is 11.2 Å². The summed E-state index contributed by atoms with van der Waals surface area (Å²) in [6.45, 7) is 1.83. The van der Waals surface area contributed by atoms with E-state index in [-0.39, 0.29) is 18.6 Å². The predicted molar refractivity (Wildman–Crippen MR) is 116 cm³/mol. The van der Waals surface area contributed by atoms with Crippen LogP contribution in [0.5, 0.6) is 0 Å². The Kier molecular flexibility index (Phi) is 5.69. The van der Waals surface area contributed by atoms with Gasteiger partial charge in [0.2, 0.25) is 5.91 Å². The van der Waals surface area contributed by atoms with Crippen LogP contribution in [0.3, 0.4) is 0 Å². The summed E-state index contributed by atoms with van der Waals surface area (Å²) in [6, 6.07) is 13.4. The van der Waals surface area contributed by atoms with Crippen LogP contribution >= 0.6 is 15.9 Å². The van der Waals surface area contributed by atoms with E-state index in [1.165, 1.54) is 5.01 Å². The summed E-state index contributed by atoms with van der Waals surface area (Å²) in [5, 5.41) is 16.8. The fourth-order valence-corrected chi connectivity index (χ4v) is 3.91. The number of aliphatic hydroxyl groups is 1. The van der Waals surface area contributed by atoms with Crippen molar-refractivity contribution >= 4 is 38.5 Å². The first-order valence-electron chi connectivity index (χ1n) is 9.52. The average molecular weight is 453 g/mol. The molecular formula is C22H21BrN4O2. The van der Waals surface area contributed by atoms with Gasteiger partial charge in [-0.25, -0.2) is 5.01 Å². The number of nitrogens with zero attached hydrogens (tertiary/aromatic N) is 4. The molecule has 3 heterocycles. The maximum atomic E-state index is 12.4. The van der Waals surface area contributed by atoms with Gasteiger partial charge in [-0.1, -0.05) is 28.1 Å². The molecule has 1 atom stereocenters. The van der Waals surface area contributed by atoms with E-state index in [0.29, 0.717) is 25.0 Å². The van der Waals surface area contributed by atoms with Crippen molar-refractivity contribution in [3.05, 3.63) is 70.1 Å². The number of halogens is 1. The highest BCUT2D eigenvalue weighted by atomic mass is 79.9. The Morgan fingerprint density at radius 2 is 2.17 bits per heavy atom. The van der Waals surface area contributed by atoms with E-state index in [0.717, 1.165) is 32.3 Å². The average Bonchev–Trinajstić information content (AvgIpc) is 3.07. The molecule has 3 aromatic rings. The molecule has 0 bridgehead atoms. The van der Waals surface area contributed by atoms with Gasteiger partial charge in [0.1, 0.15) is 0 Å². The number of rotatable bonds is 5. The summed E-state index contributed by atoms with van der Waals surface area (Å²) >= 11 is 3.49. The van der Waals surface area contributed by atoms with Gasteiger partial charge in [-0.15, -0.1) is 0 Å². The third kappa shape index (κ3) is 4.21. The molecule has 2 aromatic heterocycles. The van der Waals surface area contributed by atoms with Crippen molar-refractivity contribution in [1.29, 1.82) is 0 Å². The summed E-state index contributed by atoms with van der Waals surface area (Å²) in [5.41, 5.74) is 4.24. The number of hydrazone groups is 1. The zero-order valence-electron chi connectivity index (χ0n) is 16.0. The van der Waals surface area contributed by atoms with Gasteiger partial charge in [0.15, 0.2) is 0 Å². The summed E-state index contributed by atoms with van der Waals surface area (Å²) in [5.74, 6) is -0.0716. The van der Waals surface area contributed by atoms with Crippen LogP contribution in [-0.4, -0.2) is 44.4 Å². The monoisotopic (exact) mass is 452 g/mol. The molecule has 1 saturated heterocycles. The van der Waals surface area contributed by atoms with Crippen LogP contribution in [0.1, 0.15) is 29.8 Å². The van der Waals surface area contributed by atoms with Gasteiger partial charge >= 0.3 is 0 Å². The topological polar surface area (TPSA) is 78.7 Å². The van der Waals surface area contributed by atoms with E-state index in [2.05, 4.69) is 31.0 Å². The standard InChI is InChI=1S/C22H21BrN4O2/c1-14-3-2-4-19(25-14)21(26-27-17(13-28)6-8-22(27)29)11-15-9-10-24-20-12-16(23)5-7-18(15)20/h2-5,7,9-10,12,17,28H,6,8,11,13H2,1H3. The first kappa shape index (κ1) is 19.7. The Morgan fingerprint density at radius 1 is 1.31 bits per heavy atom. The molecule has 1 aliphatic heterocycles. The lowest BCUT2D eigenvalue weighted by molar-refractivity contribution is -0.129. The lowest BCUT2D eigenvalue weighted by Gasteiger charge is -2.20. The fourth-order valence-electron chi connectivity index (χ4n) is 3.56. The Bertz CT molecular complexity index is 1100. The molecular weight excluding hydrogens is 432 g/mol. The van der Waals surface area contributed by atoms with Crippen molar-refractivity contribution in [2.45, 2.75) is 32.2 Å². The Hall–Kier alpha value is -2.64. The summed E-state index contributed by atoms with van der Waals surface area (Å²) in [6.07, 6.45) is 3.29. The molecule has 0 radical (unpaired) electrons. The molecule has 0 saturated carbocycles. The number of aryl methyl sites for hydroxylation is 1. The summed E-state index contributed by atoms with van der Waals surface area (Å²) < 4.78 is 0.970. The van der Waals surface area contributed by atoms with Gasteiger partial charge in [-0.2, -0.15) is 5.10 Å². The predicted octanol–water partition coefficient (Wildman–Crippen LogP) is 3.63. The summed E-state index contributed by atoms with van der Waals surface area (Å²) in [4.78, 5) is 21.4. The van der Waals surface area contributed by atoms with Crippen molar-refractivity contribution in [2.75, 3.05) is 6.61 Å². The molecule has 1 unspecified atom stereocenters. The van der Waals surface area contributed by atoms with Crippen LogP contribution in [0.25, 0.3) is 10.9 Å². The highest BCUT2D eigenvalue weighted by Gasteiger charge is 2.31. The first-order valence-corrected chi connectivity index (χ1v) is 10.3. The molecule has 1 fully saturated rings. The molecule has 6 nitrogen and oxygen atoms in total. The second kappa shape index (κ2) is 8.39. The molecule has 4 rings (SSSR count). The van der Waals surface area contributed by atoms with Gasteiger partial charge in [0.05, 0.1) is 29.6 Å². The maximum absolute atomic E-state index is 12.4. The number of aliphatic hydroxyl groups excluding tert-OH is 1. The molecule has 1 aliphatic rings. The van der Waals surface area contributed by atoms with Crippen LogP contribution in [0, 0.1) is 6.92 Å². The second-order valence-electron chi connectivity index (χ2n) is 7.13. The molecule has 0 aliphatic carbocycles. The highest BCUT2D eigenvalue weighted by molar-refractivity contribution is 9.10. The largest absolute Gasteiger partial charge is 0.394 e. The quantitative estimate of drug-likeness (QED) is 0.599. The van der Waals surface area contributed by atoms with Gasteiger partial charge in [0.25, 0.3) is 0 Å². The van der Waals surface area contributed by atoms with E-state index >= 15 is 0 Å². The minimum absolute atomic E-state index is 0.0716. The number of carbonyl (C=O) groups is 1. The third-order valence-electron chi connectivity index (χ3n) is 5.07. The van der Waals surface area contributed by atoms with Crippen molar-refractivity contribution in [3.8, 4) is 0 Å². The Balaban J connectivity index is 1.79. The molecule has 7 heteroatoms. The van der Waals surface area contributed by atoms with E-state index in [9.17, 15) is 9.90 Å². The van der Waals surface area contributed by atoms with Gasteiger partial charge < -0.3 is 5.11 Å². The van der Waals surface area contributed by atoms with E-state index < -0.39 is 0 Å². The molecule has 1 aromatic carbocycles. The van der Waals surface area contributed by atoms with Crippen LogP contribution in [0.2, 0.25) is 0 Å². The van der Waals surface area contributed by atoms with Crippen LogP contribution in [0.15, 0.2) is 58.2 Å². The minimum Gasteiger partial charge on any atom is -0.394 e. The number of benzene rings is 1. The third-order valence-corrected chi connectivity index (χ3v) is 5.56. The number of amides is 1. The minimum atomic E-state index is -0.285. The van der Waals surface area contributed by atoms with Gasteiger partial charge in [0, 0.05) is 34.6 Å². The van der Waals surface area contributed by atoms with E-state index in [1.807, 2.05) is 49.4 Å². The number of aromatic nitrogens is 2.